The van der Waals surface area contributed by atoms with E-state index in [-0.39, 0.29) is 31.3 Å². The van der Waals surface area contributed by atoms with Crippen LogP contribution in [0.4, 0.5) is 4.79 Å². The maximum absolute atomic E-state index is 12.5. The van der Waals surface area contributed by atoms with Crippen molar-refractivity contribution in [1.82, 2.24) is 25.1 Å². The third-order valence-corrected chi connectivity index (χ3v) is 4.89. The molecule has 2 aromatic rings. The Hall–Kier alpha value is -3.23. The van der Waals surface area contributed by atoms with Crippen molar-refractivity contribution >= 4 is 11.9 Å². The third kappa shape index (κ3) is 3.73. The number of imidazole rings is 1. The van der Waals surface area contributed by atoms with E-state index in [1.54, 1.807) is 11.1 Å². The number of aryl methyl sites for hydroxylation is 1. The molecule has 0 saturated carbocycles. The number of carbonyl (C=O) groups is 2. The number of hydrogen-bond donors (Lipinski definition) is 2. The van der Waals surface area contributed by atoms with Crippen LogP contribution in [0.3, 0.4) is 0 Å². The molecule has 1 saturated heterocycles. The predicted molar refractivity (Wildman–Crippen MR) is 99.8 cm³/mol. The molecule has 2 aliphatic rings. The lowest BCUT2D eigenvalue weighted by Crippen LogP contribution is -2.54. The number of nitrogens with zero attached hydrogens (tertiary/aromatic N) is 3. The molecule has 1 fully saturated rings. The number of nitrogens with one attached hydrogen (secondary N) is 2. The summed E-state index contributed by atoms with van der Waals surface area (Å²) in [6.45, 7) is 5.48. The summed E-state index contributed by atoms with van der Waals surface area (Å²) >= 11 is 0. The van der Waals surface area contributed by atoms with E-state index in [2.05, 4.69) is 15.3 Å². The zero-order valence-electron chi connectivity index (χ0n) is 15.9. The molecule has 3 heterocycles. The molecule has 9 nitrogen and oxygen atoms in total. The van der Waals surface area contributed by atoms with Gasteiger partial charge in [-0.05, 0) is 31.5 Å². The van der Waals surface area contributed by atoms with Crippen molar-refractivity contribution < 1.29 is 19.1 Å². The molecule has 3 amide bonds. The monoisotopic (exact) mass is 385 g/mol. The highest BCUT2D eigenvalue weighted by Crippen LogP contribution is 2.32. The average Bonchev–Trinajstić information content (AvgIpc) is 3.31. The molecule has 2 aliphatic heterocycles. The molecule has 9 heteroatoms. The zero-order valence-corrected chi connectivity index (χ0v) is 15.9. The van der Waals surface area contributed by atoms with Gasteiger partial charge in [0.05, 0.1) is 6.04 Å². The standard InChI is InChI=1S/C19H23N5O4/c1-12-8-20-18(21-12)13(2)22-19(26)24-6-5-23(17(25)10-24)9-14-3-4-15-16(7-14)28-11-27-15/h3-4,7-8,13H,5-6,9-11H2,1-2H3,(H,20,21)(H,22,26)/t13-/m1/s1. The lowest BCUT2D eigenvalue weighted by atomic mass is 10.1. The van der Waals surface area contributed by atoms with Crippen molar-refractivity contribution in [2.24, 2.45) is 0 Å². The van der Waals surface area contributed by atoms with E-state index in [9.17, 15) is 9.59 Å². The number of H-pyrrole nitrogens is 1. The summed E-state index contributed by atoms with van der Waals surface area (Å²) in [5, 5.41) is 2.88. The molecule has 0 spiro atoms. The van der Waals surface area contributed by atoms with Crippen LogP contribution < -0.4 is 14.8 Å². The summed E-state index contributed by atoms with van der Waals surface area (Å²) in [6.07, 6.45) is 1.72. The van der Waals surface area contributed by atoms with E-state index in [1.807, 2.05) is 32.0 Å². The van der Waals surface area contributed by atoms with Crippen LogP contribution in [0.15, 0.2) is 24.4 Å². The summed E-state index contributed by atoms with van der Waals surface area (Å²) in [6, 6.07) is 5.14. The summed E-state index contributed by atoms with van der Waals surface area (Å²) in [7, 11) is 0. The van der Waals surface area contributed by atoms with Crippen molar-refractivity contribution in [2.45, 2.75) is 26.4 Å². The molecule has 1 aromatic heterocycles. The first-order valence-corrected chi connectivity index (χ1v) is 9.23. The first-order chi connectivity index (χ1) is 13.5. The lowest BCUT2D eigenvalue weighted by Gasteiger charge is -2.34. The molecule has 1 aromatic carbocycles. The van der Waals surface area contributed by atoms with Crippen LogP contribution in [0.1, 0.15) is 30.0 Å². The van der Waals surface area contributed by atoms with Gasteiger partial charge in [-0.1, -0.05) is 6.07 Å². The van der Waals surface area contributed by atoms with Crippen LogP contribution in [0.25, 0.3) is 0 Å². The minimum atomic E-state index is -0.266. The Morgan fingerprint density at radius 2 is 2.14 bits per heavy atom. The summed E-state index contributed by atoms with van der Waals surface area (Å²) in [4.78, 5) is 35.7. The van der Waals surface area contributed by atoms with E-state index >= 15 is 0 Å². The van der Waals surface area contributed by atoms with E-state index in [0.29, 0.717) is 31.2 Å². The molecular formula is C19H23N5O4. The number of benzene rings is 1. The number of ether oxygens (including phenoxy) is 2. The van der Waals surface area contributed by atoms with Gasteiger partial charge in [-0.2, -0.15) is 0 Å². The Bertz CT molecular complexity index is 896. The number of fused-ring (bicyclic) bond motifs is 1. The Labute approximate surface area is 162 Å². The van der Waals surface area contributed by atoms with E-state index in [0.717, 1.165) is 17.0 Å². The lowest BCUT2D eigenvalue weighted by molar-refractivity contribution is -0.135. The number of piperazine rings is 1. The number of rotatable bonds is 4. The van der Waals surface area contributed by atoms with Crippen LogP contribution in [-0.4, -0.2) is 58.1 Å². The normalized spacial score (nSPS) is 17.0. The van der Waals surface area contributed by atoms with Gasteiger partial charge in [0, 0.05) is 31.5 Å². The molecule has 0 unspecified atom stereocenters. The second-order valence-electron chi connectivity index (χ2n) is 7.05. The van der Waals surface area contributed by atoms with E-state index in [4.69, 9.17) is 9.47 Å². The number of hydrogen-bond acceptors (Lipinski definition) is 5. The summed E-state index contributed by atoms with van der Waals surface area (Å²) < 4.78 is 10.7. The van der Waals surface area contributed by atoms with Gasteiger partial charge in [0.1, 0.15) is 12.4 Å². The Morgan fingerprint density at radius 3 is 2.89 bits per heavy atom. The quantitative estimate of drug-likeness (QED) is 0.832. The SMILES string of the molecule is Cc1cnc([C@@H](C)NC(=O)N2CCN(Cc3ccc4c(c3)OCO4)C(=O)C2)[nH]1. The highest BCUT2D eigenvalue weighted by atomic mass is 16.7. The fourth-order valence-electron chi connectivity index (χ4n) is 3.31. The topological polar surface area (TPSA) is 99.8 Å². The largest absolute Gasteiger partial charge is 0.454 e. The highest BCUT2D eigenvalue weighted by Gasteiger charge is 2.28. The van der Waals surface area contributed by atoms with Crippen molar-refractivity contribution in [3.63, 3.8) is 0 Å². The Balaban J connectivity index is 1.32. The van der Waals surface area contributed by atoms with Gasteiger partial charge in [-0.3, -0.25) is 4.79 Å². The molecule has 0 aliphatic carbocycles. The van der Waals surface area contributed by atoms with Crippen LogP contribution in [0.2, 0.25) is 0 Å². The minimum Gasteiger partial charge on any atom is -0.454 e. The Morgan fingerprint density at radius 1 is 1.32 bits per heavy atom. The number of amides is 3. The zero-order chi connectivity index (χ0) is 19.7. The molecule has 0 bridgehead atoms. The predicted octanol–water partition coefficient (Wildman–Crippen LogP) is 1.56. The molecule has 28 heavy (non-hydrogen) atoms. The van der Waals surface area contributed by atoms with Gasteiger partial charge in [-0.15, -0.1) is 0 Å². The maximum atomic E-state index is 12.5. The van der Waals surface area contributed by atoms with Gasteiger partial charge >= 0.3 is 6.03 Å². The van der Waals surface area contributed by atoms with Gasteiger partial charge in [-0.25, -0.2) is 9.78 Å². The first-order valence-electron chi connectivity index (χ1n) is 9.23. The maximum Gasteiger partial charge on any atom is 0.318 e. The molecule has 1 atom stereocenters. The van der Waals surface area contributed by atoms with Crippen molar-refractivity contribution in [2.75, 3.05) is 26.4 Å². The van der Waals surface area contributed by atoms with Crippen LogP contribution in [-0.2, 0) is 11.3 Å². The van der Waals surface area contributed by atoms with Gasteiger partial charge in [0.15, 0.2) is 11.5 Å². The fraction of sp³-hybridized carbons (Fsp3) is 0.421. The van der Waals surface area contributed by atoms with Crippen LogP contribution in [0, 0.1) is 6.92 Å². The van der Waals surface area contributed by atoms with Gasteiger partial charge in [0.25, 0.3) is 0 Å². The second-order valence-corrected chi connectivity index (χ2v) is 7.05. The molecular weight excluding hydrogens is 362 g/mol. The second kappa shape index (κ2) is 7.41. The first kappa shape index (κ1) is 18.1. The van der Waals surface area contributed by atoms with E-state index < -0.39 is 0 Å². The van der Waals surface area contributed by atoms with Crippen LogP contribution in [0.5, 0.6) is 11.5 Å². The van der Waals surface area contributed by atoms with Gasteiger partial charge in [0.2, 0.25) is 12.7 Å². The van der Waals surface area contributed by atoms with Crippen molar-refractivity contribution in [1.29, 1.82) is 0 Å². The number of carbonyl (C=O) groups excluding carboxylic acids is 2. The number of urea groups is 1. The Kier molecular flexibility index (Phi) is 4.81. The third-order valence-electron chi connectivity index (χ3n) is 4.89. The average molecular weight is 385 g/mol. The molecule has 4 rings (SSSR count). The highest BCUT2D eigenvalue weighted by molar-refractivity contribution is 5.85. The van der Waals surface area contributed by atoms with Gasteiger partial charge < -0.3 is 29.6 Å². The summed E-state index contributed by atoms with van der Waals surface area (Å²) in [5.41, 5.74) is 1.90. The summed E-state index contributed by atoms with van der Waals surface area (Å²) in [5.74, 6) is 2.03. The number of aromatic amines is 1. The molecule has 0 radical (unpaired) electrons. The van der Waals surface area contributed by atoms with Crippen molar-refractivity contribution in [3.05, 3.63) is 41.5 Å². The molecule has 148 valence electrons. The van der Waals surface area contributed by atoms with Crippen molar-refractivity contribution in [3.8, 4) is 11.5 Å². The molecule has 2 N–H and O–H groups in total. The smallest absolute Gasteiger partial charge is 0.318 e. The fourth-order valence-corrected chi connectivity index (χ4v) is 3.31. The van der Waals surface area contributed by atoms with E-state index in [1.165, 1.54) is 4.90 Å². The van der Waals surface area contributed by atoms with Crippen LogP contribution >= 0.6 is 0 Å². The minimum absolute atomic E-state index is 0.0558. The number of aromatic nitrogens is 2.